The summed E-state index contributed by atoms with van der Waals surface area (Å²) in [6.45, 7) is 4.55. The molecule has 3 unspecified atom stereocenters. The van der Waals surface area contributed by atoms with Crippen LogP contribution in [-0.2, 0) is 4.57 Å². The van der Waals surface area contributed by atoms with Gasteiger partial charge >= 0.3 is 5.51 Å². The lowest BCUT2D eigenvalue weighted by Gasteiger charge is -2.33. The van der Waals surface area contributed by atoms with Crippen LogP contribution in [0.4, 0.5) is 23.4 Å². The van der Waals surface area contributed by atoms with Crippen LogP contribution in [0.1, 0.15) is 12.1 Å². The molecule has 0 aliphatic carbocycles. The van der Waals surface area contributed by atoms with Crippen LogP contribution in [0, 0.1) is 11.8 Å². The maximum absolute atomic E-state index is 14.6. The molecule has 0 spiro atoms. The van der Waals surface area contributed by atoms with Gasteiger partial charge in [0.15, 0.2) is 0 Å². The third-order valence-corrected chi connectivity index (χ3v) is 8.53. The number of allylic oxidation sites excluding steroid dienone is 1. The number of hydrogen-bond donors (Lipinski definition) is 3. The van der Waals surface area contributed by atoms with Crippen LogP contribution in [-0.4, -0.2) is 78.0 Å². The molecule has 3 atom stereocenters. The van der Waals surface area contributed by atoms with Gasteiger partial charge in [-0.1, -0.05) is 18.1 Å². The maximum Gasteiger partial charge on any atom is 0.446 e. The highest BCUT2D eigenvalue weighted by Crippen LogP contribution is 2.42. The number of fused-ring (bicyclic) bond motifs is 1. The summed E-state index contributed by atoms with van der Waals surface area (Å²) in [6, 6.07) is 4.35. The molecule has 4 rings (SSSR count). The normalized spacial score (nSPS) is 22.7. The SMILES string of the molecule is CN1CCC(Nc2cccc3c(SC(F)(F)F)c(C#CCNC4=CNC(P(C)(C)=O)C=C4)nn23)C(F)C1. The van der Waals surface area contributed by atoms with Gasteiger partial charge in [-0.15, -0.1) is 0 Å². The highest BCUT2D eigenvalue weighted by Gasteiger charge is 2.33. The van der Waals surface area contributed by atoms with Crippen molar-refractivity contribution in [1.82, 2.24) is 25.1 Å². The predicted octanol–water partition coefficient (Wildman–Crippen LogP) is 4.29. The number of pyridine rings is 1. The standard InChI is InChI=1S/C24H29F4N6OPS/c1-33-13-11-18(17(25)15-33)31-21-8-4-7-20-23(37-24(26,27)28)19(32-34(20)21)6-5-12-29-16-9-10-22(30-14-16)36(2,3)35/h4,7-10,14,17-18,22,29-31H,11-13,15H2,1-3H3. The molecule has 7 nitrogen and oxygen atoms in total. The molecule has 200 valence electrons. The molecule has 0 radical (unpaired) electrons. The summed E-state index contributed by atoms with van der Waals surface area (Å²) < 4.78 is 68.3. The van der Waals surface area contributed by atoms with Gasteiger partial charge in [-0.05, 0) is 62.7 Å². The highest BCUT2D eigenvalue weighted by atomic mass is 32.2. The van der Waals surface area contributed by atoms with Gasteiger partial charge in [0.1, 0.15) is 24.8 Å². The number of nitrogens with zero attached hydrogens (tertiary/aromatic N) is 3. The number of nitrogens with one attached hydrogen (secondary N) is 3. The lowest BCUT2D eigenvalue weighted by Crippen LogP contribution is -2.46. The van der Waals surface area contributed by atoms with Crippen molar-refractivity contribution >= 4 is 30.2 Å². The van der Waals surface area contributed by atoms with Gasteiger partial charge in [-0.2, -0.15) is 18.3 Å². The molecule has 0 saturated carbocycles. The molecule has 1 saturated heterocycles. The second-order valence-corrected chi connectivity index (χ2v) is 13.9. The largest absolute Gasteiger partial charge is 0.446 e. The molecule has 2 aromatic heterocycles. The Hall–Kier alpha value is -2.61. The molecular formula is C24H29F4N6OPS. The lowest BCUT2D eigenvalue weighted by atomic mass is 10.0. The molecule has 1 fully saturated rings. The van der Waals surface area contributed by atoms with Crippen LogP contribution >= 0.6 is 18.9 Å². The van der Waals surface area contributed by atoms with Crippen molar-refractivity contribution in [3.63, 3.8) is 0 Å². The first-order chi connectivity index (χ1) is 17.4. The minimum Gasteiger partial charge on any atom is -0.376 e. The van der Waals surface area contributed by atoms with E-state index < -0.39 is 24.9 Å². The first-order valence-electron chi connectivity index (χ1n) is 11.7. The number of rotatable bonds is 6. The van der Waals surface area contributed by atoms with Gasteiger partial charge in [0.25, 0.3) is 0 Å². The van der Waals surface area contributed by atoms with Crippen LogP contribution in [0.15, 0.2) is 47.1 Å². The van der Waals surface area contributed by atoms with E-state index in [1.807, 2.05) is 11.9 Å². The minimum absolute atomic E-state index is 0.0113. The average Bonchev–Trinajstić information content (AvgIpc) is 3.15. The predicted molar refractivity (Wildman–Crippen MR) is 140 cm³/mol. The van der Waals surface area contributed by atoms with E-state index in [2.05, 4.69) is 32.9 Å². The second-order valence-electron chi connectivity index (χ2n) is 9.41. The number of thioether (sulfide) groups is 1. The van der Waals surface area contributed by atoms with Crippen molar-refractivity contribution < 1.29 is 22.1 Å². The number of halogens is 4. The highest BCUT2D eigenvalue weighted by molar-refractivity contribution is 8.00. The Balaban J connectivity index is 1.54. The van der Waals surface area contributed by atoms with Gasteiger partial charge in [-0.3, -0.25) is 0 Å². The van der Waals surface area contributed by atoms with Crippen LogP contribution in [0.2, 0.25) is 0 Å². The second kappa shape index (κ2) is 11.0. The zero-order valence-electron chi connectivity index (χ0n) is 20.6. The van der Waals surface area contributed by atoms with Crippen molar-refractivity contribution in [3.05, 3.63) is 47.9 Å². The Morgan fingerprint density at radius 3 is 2.76 bits per heavy atom. The number of likely N-dealkylation sites (tertiary alicyclic amines) is 1. The number of alkyl halides is 4. The number of anilines is 1. The molecule has 0 amide bonds. The summed E-state index contributed by atoms with van der Waals surface area (Å²) in [6.07, 6.45) is 4.73. The number of aromatic nitrogens is 2. The van der Waals surface area contributed by atoms with E-state index in [0.717, 1.165) is 0 Å². The van der Waals surface area contributed by atoms with Crippen molar-refractivity contribution in [1.29, 1.82) is 0 Å². The van der Waals surface area contributed by atoms with Crippen molar-refractivity contribution in [3.8, 4) is 11.8 Å². The Morgan fingerprint density at radius 2 is 2.11 bits per heavy atom. The Bertz CT molecular complexity index is 1310. The Kier molecular flexibility index (Phi) is 8.17. The van der Waals surface area contributed by atoms with E-state index in [-0.39, 0.29) is 46.7 Å². The maximum atomic E-state index is 14.6. The third-order valence-electron chi connectivity index (χ3n) is 6.03. The number of hydrogen-bond acceptors (Lipinski definition) is 7. The summed E-state index contributed by atoms with van der Waals surface area (Å²) in [5, 5.41) is 13.6. The topological polar surface area (TPSA) is 73.7 Å². The minimum atomic E-state index is -4.53. The van der Waals surface area contributed by atoms with Crippen LogP contribution in [0.3, 0.4) is 0 Å². The van der Waals surface area contributed by atoms with Gasteiger partial charge in [0.05, 0.1) is 34.5 Å². The molecule has 37 heavy (non-hydrogen) atoms. The smallest absolute Gasteiger partial charge is 0.376 e. The fourth-order valence-corrected chi connectivity index (χ4v) is 5.72. The number of dihydropyridines is 1. The fraction of sp³-hybridized carbons (Fsp3) is 0.458. The van der Waals surface area contributed by atoms with Crippen LogP contribution in [0.5, 0.6) is 0 Å². The molecular weight excluding hydrogens is 527 g/mol. The molecule has 4 heterocycles. The summed E-state index contributed by atoms with van der Waals surface area (Å²) in [5.41, 5.74) is -3.59. The zero-order valence-corrected chi connectivity index (χ0v) is 22.4. The summed E-state index contributed by atoms with van der Waals surface area (Å²) >= 11 is -0.266. The van der Waals surface area contributed by atoms with Crippen LogP contribution < -0.4 is 16.0 Å². The molecule has 2 aliphatic heterocycles. The van der Waals surface area contributed by atoms with Gasteiger partial charge in [0.2, 0.25) is 0 Å². The zero-order chi connectivity index (χ0) is 26.8. The monoisotopic (exact) mass is 556 g/mol. The lowest BCUT2D eigenvalue weighted by molar-refractivity contribution is -0.0327. The fourth-order valence-electron chi connectivity index (χ4n) is 4.11. The van der Waals surface area contributed by atoms with E-state index in [4.69, 9.17) is 0 Å². The molecule has 0 bridgehead atoms. The van der Waals surface area contributed by atoms with Crippen LogP contribution in [0.25, 0.3) is 5.52 Å². The van der Waals surface area contributed by atoms with Crippen molar-refractivity contribution in [2.45, 2.75) is 34.8 Å². The Labute approximate surface area is 217 Å². The summed E-state index contributed by atoms with van der Waals surface area (Å²) in [7, 11) is -0.483. The third kappa shape index (κ3) is 7.03. The van der Waals surface area contributed by atoms with E-state index in [9.17, 15) is 22.1 Å². The number of piperidine rings is 1. The molecule has 13 heteroatoms. The van der Waals surface area contributed by atoms with Gasteiger partial charge < -0.3 is 25.4 Å². The average molecular weight is 557 g/mol. The molecule has 3 N–H and O–H groups in total. The van der Waals surface area contributed by atoms with Crippen molar-refractivity contribution in [2.75, 3.05) is 45.3 Å². The van der Waals surface area contributed by atoms with E-state index in [0.29, 0.717) is 24.5 Å². The first kappa shape index (κ1) is 27.4. The van der Waals surface area contributed by atoms with Gasteiger partial charge in [0, 0.05) is 19.3 Å². The first-order valence-corrected chi connectivity index (χ1v) is 15.2. The van der Waals surface area contributed by atoms with Gasteiger partial charge in [-0.25, -0.2) is 8.91 Å². The molecule has 2 aromatic rings. The van der Waals surface area contributed by atoms with Crippen molar-refractivity contribution in [2.24, 2.45) is 0 Å². The van der Waals surface area contributed by atoms with E-state index in [1.54, 1.807) is 43.8 Å². The Morgan fingerprint density at radius 1 is 1.32 bits per heavy atom. The molecule has 2 aliphatic rings. The molecule has 0 aromatic carbocycles. The summed E-state index contributed by atoms with van der Waals surface area (Å²) in [5.74, 6) is 5.75. The van der Waals surface area contributed by atoms with E-state index >= 15 is 0 Å². The summed E-state index contributed by atoms with van der Waals surface area (Å²) in [4.78, 5) is 1.79. The van der Waals surface area contributed by atoms with E-state index in [1.165, 1.54) is 10.6 Å². The quantitative estimate of drug-likeness (QED) is 0.212.